The smallest absolute Gasteiger partial charge is 0.425 e. The first kappa shape index (κ1) is 76.6. The predicted molar refractivity (Wildman–Crippen MR) is 414 cm³/mol. The van der Waals surface area contributed by atoms with Crippen molar-refractivity contribution in [1.29, 1.82) is 0 Å². The zero-order chi connectivity index (χ0) is 77.4. The molecule has 18 nitrogen and oxygen atoms in total. The van der Waals surface area contributed by atoms with E-state index in [1.165, 1.54) is 11.3 Å². The highest BCUT2D eigenvalue weighted by Crippen LogP contribution is 2.44. The number of phenolic OH excluding ortho intramolecular Hbond substituents is 8. The summed E-state index contributed by atoms with van der Waals surface area (Å²) in [5, 5.41) is 93.0. The maximum Gasteiger partial charge on any atom is 0.425 e. The standard InChI is InChI=1S/C50H46N2O4.C38H33NO5.2O3S/c1-31-21-37-29-41-24-33(14-13-32-17-19-51(4)20-18-32)23-39(48(41)55)27-35-9-8-10-36(46(35)53)28-40-25-34(26-42(49(40)56)30-38(22-31)47(37)54)15-16-45-50(2,3)43-11-6-7-12-44(43)52(45)5;1-23-12-29-20-32-15-25(7-6-24-8-10-39(2)11-9-24)14-31(37(32)43)18-27-4-3-5-28(35(27)41)19-33-16-26(22-40)17-34(38(33)44)21-30(13-23)36(29)42;2*1-4(2)3/h6-26,53-54H,27-30H2,1-5H3;3-17,22H,18-21H2,1-2H3,(H3,40,41,42,44);;/p+3. The van der Waals surface area contributed by atoms with Crippen molar-refractivity contribution in [3.8, 4) is 46.0 Å². The highest BCUT2D eigenvalue weighted by atomic mass is 32.2. The Bertz CT molecular complexity index is 5710. The van der Waals surface area contributed by atoms with Crippen molar-refractivity contribution in [3.63, 3.8) is 0 Å². The second-order valence-corrected chi connectivity index (χ2v) is 28.9. The summed E-state index contributed by atoms with van der Waals surface area (Å²) in [6, 6.07) is 50.4. The minimum atomic E-state index is -3.11. The number of phenols is 8. The second-order valence-electron chi connectivity index (χ2n) is 28.1. The van der Waals surface area contributed by atoms with Gasteiger partial charge in [0.1, 0.15) is 73.4 Å². The molecular formula is C88H82N3O15S2+3. The zero-order valence-electron chi connectivity index (χ0n) is 60.6. The Balaban J connectivity index is 0.000000200. The molecule has 3 aliphatic rings. The Kier molecular flexibility index (Phi) is 23.3. The molecule has 108 heavy (non-hydrogen) atoms. The Morgan fingerprint density at radius 1 is 0.315 bits per heavy atom. The summed E-state index contributed by atoms with van der Waals surface area (Å²) in [5.74, 6) is 0.886. The molecule has 2 aromatic heterocycles. The Morgan fingerprint density at radius 2 is 0.556 bits per heavy atom. The molecular weight excluding hydrogens is 1400 g/mol. The lowest BCUT2D eigenvalue weighted by atomic mass is 9.81. The van der Waals surface area contributed by atoms with Crippen LogP contribution in [0.5, 0.6) is 46.0 Å². The number of nitrogens with zero attached hydrogens (tertiary/aromatic N) is 3. The summed E-state index contributed by atoms with van der Waals surface area (Å²) < 4.78 is 56.9. The van der Waals surface area contributed by atoms with Gasteiger partial charge in [-0.15, -0.1) is 25.3 Å². The number of allylic oxidation sites excluding steroid dienone is 1. The molecule has 16 bridgehead atoms. The fraction of sp³-hybridized carbons (Fsp3) is 0.182. The van der Waals surface area contributed by atoms with Gasteiger partial charge in [-0.25, -0.2) is 9.13 Å². The predicted octanol–water partition coefficient (Wildman–Crippen LogP) is 13.5. The fourth-order valence-corrected chi connectivity index (χ4v) is 14.6. The number of carbonyl (C=O) groups excluding carboxylic acids is 1. The molecule has 9 aromatic carbocycles. The lowest BCUT2D eigenvalue weighted by Crippen LogP contribution is -2.26. The fourth-order valence-electron chi connectivity index (χ4n) is 14.6. The molecule has 548 valence electrons. The van der Waals surface area contributed by atoms with E-state index < -0.39 is 21.2 Å². The minimum Gasteiger partial charge on any atom is -0.507 e. The quantitative estimate of drug-likeness (QED) is 0.0544. The maximum atomic E-state index is 11.9. The molecule has 11 aromatic rings. The van der Waals surface area contributed by atoms with E-state index in [4.69, 9.17) is 25.3 Å². The monoisotopic (exact) mass is 1480 g/mol. The topological polar surface area (TPSA) is 292 Å². The molecule has 20 heteroatoms. The van der Waals surface area contributed by atoms with Crippen LogP contribution in [0.2, 0.25) is 0 Å². The van der Waals surface area contributed by atoms with Gasteiger partial charge in [0.05, 0.1) is 5.41 Å². The number of pyridine rings is 2. The van der Waals surface area contributed by atoms with Crippen molar-refractivity contribution in [2.75, 3.05) is 7.05 Å². The molecule has 0 unspecified atom stereocenters. The van der Waals surface area contributed by atoms with E-state index in [1.807, 2.05) is 201 Å². The third-order valence-electron chi connectivity index (χ3n) is 19.9. The van der Waals surface area contributed by atoms with Gasteiger partial charge in [-0.05, 0) is 199 Å². The number of carbonyl (C=O) groups is 1. The molecule has 0 saturated heterocycles. The van der Waals surface area contributed by atoms with Gasteiger partial charge in [-0.2, -0.15) is 4.58 Å². The van der Waals surface area contributed by atoms with Crippen LogP contribution in [0.1, 0.15) is 158 Å². The van der Waals surface area contributed by atoms with Gasteiger partial charge in [-0.3, -0.25) is 4.79 Å². The maximum absolute atomic E-state index is 11.9. The number of fused-ring (bicyclic) bond motifs is 17. The number of rotatable bonds is 7. The van der Waals surface area contributed by atoms with E-state index >= 15 is 0 Å². The van der Waals surface area contributed by atoms with Crippen molar-refractivity contribution in [2.45, 2.75) is 84.5 Å². The van der Waals surface area contributed by atoms with E-state index in [2.05, 4.69) is 61.9 Å². The second kappa shape index (κ2) is 32.9. The third kappa shape index (κ3) is 17.9. The first-order chi connectivity index (χ1) is 51.5. The number of hydrogen-bond donors (Lipinski definition) is 8. The van der Waals surface area contributed by atoms with Crippen molar-refractivity contribution >= 4 is 69.3 Å². The molecule has 2 aliphatic carbocycles. The highest BCUT2D eigenvalue weighted by molar-refractivity contribution is 7.59. The normalized spacial score (nSPS) is 13.3. The van der Waals surface area contributed by atoms with Crippen LogP contribution in [-0.4, -0.2) is 89.7 Å². The van der Waals surface area contributed by atoms with E-state index in [1.54, 1.807) is 18.2 Å². The van der Waals surface area contributed by atoms with E-state index in [-0.39, 0.29) is 96.4 Å². The van der Waals surface area contributed by atoms with Crippen molar-refractivity contribution in [2.24, 2.45) is 14.1 Å². The van der Waals surface area contributed by atoms with Gasteiger partial charge < -0.3 is 40.9 Å². The van der Waals surface area contributed by atoms with Crippen LogP contribution < -0.4 is 9.13 Å². The first-order valence-electron chi connectivity index (χ1n) is 34.8. The third-order valence-corrected chi connectivity index (χ3v) is 19.9. The lowest BCUT2D eigenvalue weighted by Gasteiger charge is -2.19. The summed E-state index contributed by atoms with van der Waals surface area (Å²) in [7, 11) is -0.176. The summed E-state index contributed by atoms with van der Waals surface area (Å²) in [4.78, 5) is 11.8. The first-order valence-corrected chi connectivity index (χ1v) is 36.8. The van der Waals surface area contributed by atoms with E-state index in [0.717, 1.165) is 50.9 Å². The molecule has 3 heterocycles. The van der Waals surface area contributed by atoms with Gasteiger partial charge in [0, 0.05) is 98.9 Å². The number of aromatic hydroxyl groups is 8. The van der Waals surface area contributed by atoms with Crippen molar-refractivity contribution in [3.05, 3.63) is 328 Å². The van der Waals surface area contributed by atoms with Gasteiger partial charge >= 0.3 is 21.2 Å². The van der Waals surface area contributed by atoms with Crippen molar-refractivity contribution < 1.29 is 84.6 Å². The zero-order valence-corrected chi connectivity index (χ0v) is 62.2. The molecule has 0 fully saturated rings. The van der Waals surface area contributed by atoms with Crippen LogP contribution >= 0.6 is 0 Å². The number of aldehydes is 1. The average Bonchev–Trinajstić information content (AvgIpc) is 1.58. The molecule has 0 radical (unpaired) electrons. The van der Waals surface area contributed by atoms with Gasteiger partial charge in [0.2, 0.25) is 5.69 Å². The van der Waals surface area contributed by atoms with E-state index in [0.29, 0.717) is 101 Å². The molecule has 0 spiro atoms. The largest absolute Gasteiger partial charge is 0.507 e. The highest BCUT2D eigenvalue weighted by Gasteiger charge is 2.42. The van der Waals surface area contributed by atoms with Gasteiger partial charge in [0.15, 0.2) is 30.5 Å². The van der Waals surface area contributed by atoms with Crippen LogP contribution in [0.3, 0.4) is 0 Å². The van der Waals surface area contributed by atoms with Gasteiger partial charge in [-0.1, -0.05) is 114 Å². The summed E-state index contributed by atoms with van der Waals surface area (Å²) >= 11 is 0. The SMILES string of the molecule is Cc1cc2c(O)c(c1)Cc1cc(/C=C/c3cc[n+](C)cc3)cc(c1O)Cc1cccc(c1O)Cc1cc(/C=C/C3=[N+](C)c4ccccc4C3(C)C)cc(c1O)C2.Cc1cc2c(O)c(c1)Cc1cc(/C=C/c3cc[n+](C)cc3)cc(c1O)Cc1cccc(c1O)Cc1cc(C=O)cc(c1O)C2.O=S(=O)=O.O=S(=O)=O. The van der Waals surface area contributed by atoms with Crippen LogP contribution in [-0.2, 0) is 92.1 Å². The molecule has 0 amide bonds. The minimum absolute atomic E-state index is 0.0291. The van der Waals surface area contributed by atoms with Crippen LogP contribution in [0.15, 0.2) is 189 Å². The molecule has 0 saturated carbocycles. The summed E-state index contributed by atoms with van der Waals surface area (Å²) in [6.45, 7) is 8.42. The molecule has 1 aliphatic heterocycles. The Morgan fingerprint density at radius 3 is 0.843 bits per heavy atom. The summed E-state index contributed by atoms with van der Waals surface area (Å²) in [6.07, 6.45) is 23.1. The molecule has 0 atom stereocenters. The Hall–Kier alpha value is -12.5. The number of para-hydroxylation sites is 3. The van der Waals surface area contributed by atoms with Gasteiger partial charge in [0.25, 0.3) is 0 Å². The summed E-state index contributed by atoms with van der Waals surface area (Å²) in [5.41, 5.74) is 20.7. The molecule has 14 rings (SSSR count). The van der Waals surface area contributed by atoms with E-state index in [9.17, 15) is 45.6 Å². The lowest BCUT2D eigenvalue weighted by molar-refractivity contribution is -0.671. The van der Waals surface area contributed by atoms with Crippen LogP contribution in [0.25, 0.3) is 30.4 Å². The van der Waals surface area contributed by atoms with Crippen molar-refractivity contribution in [1.82, 2.24) is 0 Å². The van der Waals surface area contributed by atoms with Crippen LogP contribution in [0, 0.1) is 13.8 Å². The Labute approximate surface area is 629 Å². The molecule has 8 N–H and O–H groups in total. The number of hydrogen-bond acceptors (Lipinski definition) is 15. The number of aromatic nitrogens is 2. The average molecular weight is 1490 g/mol. The number of aryl methyl sites for hydroxylation is 4. The number of benzene rings is 9. The van der Waals surface area contributed by atoms with Crippen LogP contribution in [0.4, 0.5) is 5.69 Å².